The first-order chi connectivity index (χ1) is 5.77. The molecule has 1 fully saturated rings. The van der Waals surface area contributed by atoms with Crippen LogP contribution >= 0.6 is 0 Å². The Morgan fingerprint density at radius 3 is 3.25 bits per heavy atom. The molecule has 0 aromatic carbocycles. The number of hydrogen-bond donors (Lipinski definition) is 2. The van der Waals surface area contributed by atoms with Crippen molar-refractivity contribution in [1.82, 2.24) is 5.43 Å². The minimum atomic E-state index is -0.586. The maximum absolute atomic E-state index is 10.3. The lowest BCUT2D eigenvalue weighted by Gasteiger charge is -2.31. The van der Waals surface area contributed by atoms with E-state index < -0.39 is 6.03 Å². The summed E-state index contributed by atoms with van der Waals surface area (Å²) in [5.41, 5.74) is 8.22. The summed E-state index contributed by atoms with van der Waals surface area (Å²) in [5.74, 6) is 1.20. The van der Waals surface area contributed by atoms with Gasteiger partial charge in [0.2, 0.25) is 0 Å². The third-order valence-corrected chi connectivity index (χ3v) is 2.47. The predicted octanol–water partition coefficient (Wildman–Crippen LogP) is 0.607. The fourth-order valence-corrected chi connectivity index (χ4v) is 1.79. The highest BCUT2D eigenvalue weighted by Gasteiger charge is 2.37. The molecule has 2 amide bonds. The molecule has 3 N–H and O–H groups in total. The maximum Gasteiger partial charge on any atom is 0.332 e. The average Bonchev–Trinajstić information content (AvgIpc) is 2.32. The number of hydrazone groups is 1. The van der Waals surface area contributed by atoms with Gasteiger partial charge in [-0.25, -0.2) is 10.2 Å². The second-order valence-electron chi connectivity index (χ2n) is 3.22. The van der Waals surface area contributed by atoms with Gasteiger partial charge in [-0.15, -0.1) is 0 Å². The molecule has 0 spiro atoms. The van der Waals surface area contributed by atoms with Crippen molar-refractivity contribution in [1.29, 1.82) is 0 Å². The molecule has 0 radical (unpaired) electrons. The van der Waals surface area contributed by atoms with E-state index in [9.17, 15) is 4.79 Å². The molecule has 0 aromatic heterocycles. The minimum absolute atomic E-state index is 0.539. The second-order valence-corrected chi connectivity index (χ2v) is 3.22. The first-order valence-corrected chi connectivity index (χ1v) is 4.06. The Hall–Kier alpha value is -1.32. The molecular formula is C8H11N3O. The standard InChI is InChI=1S/C8H11N3O/c9-8(12)11-10-7-4-5-2-1-3-6(5)7/h1-2,5-6H,3-4H2,(H3,9,11,12)/b10-7+/t5-,6-/m0/s1. The van der Waals surface area contributed by atoms with Gasteiger partial charge in [0.15, 0.2) is 0 Å². The number of carbonyl (C=O) groups is 1. The number of nitrogens with zero attached hydrogens (tertiary/aromatic N) is 1. The van der Waals surface area contributed by atoms with Gasteiger partial charge in [0.25, 0.3) is 0 Å². The first kappa shape index (κ1) is 7.34. The molecule has 0 heterocycles. The Balaban J connectivity index is 1.92. The van der Waals surface area contributed by atoms with Crippen molar-refractivity contribution >= 4 is 11.7 Å². The lowest BCUT2D eigenvalue weighted by molar-refractivity contribution is 0.249. The van der Waals surface area contributed by atoms with Crippen molar-refractivity contribution in [3.63, 3.8) is 0 Å². The third kappa shape index (κ3) is 1.09. The summed E-state index contributed by atoms with van der Waals surface area (Å²) in [6.07, 6.45) is 6.42. The molecule has 0 saturated heterocycles. The van der Waals surface area contributed by atoms with Gasteiger partial charge < -0.3 is 5.73 Å². The van der Waals surface area contributed by atoms with E-state index in [0.717, 1.165) is 18.6 Å². The monoisotopic (exact) mass is 165 g/mol. The zero-order valence-electron chi connectivity index (χ0n) is 6.66. The van der Waals surface area contributed by atoms with Gasteiger partial charge in [-0.1, -0.05) is 12.2 Å². The molecule has 4 heteroatoms. The van der Waals surface area contributed by atoms with Crippen LogP contribution in [0.3, 0.4) is 0 Å². The number of allylic oxidation sites excluding steroid dienone is 2. The molecule has 0 bridgehead atoms. The smallest absolute Gasteiger partial charge is 0.332 e. The van der Waals surface area contributed by atoms with Gasteiger partial charge in [-0.2, -0.15) is 5.10 Å². The molecule has 1 saturated carbocycles. The minimum Gasteiger partial charge on any atom is -0.350 e. The number of nitrogens with two attached hydrogens (primary N) is 1. The molecule has 2 rings (SSSR count). The Morgan fingerprint density at radius 2 is 2.58 bits per heavy atom. The van der Waals surface area contributed by atoms with Crippen LogP contribution in [0.5, 0.6) is 0 Å². The van der Waals surface area contributed by atoms with Crippen molar-refractivity contribution in [2.45, 2.75) is 12.8 Å². The van der Waals surface area contributed by atoms with Crippen molar-refractivity contribution < 1.29 is 4.79 Å². The summed E-state index contributed by atoms with van der Waals surface area (Å²) in [5, 5.41) is 3.92. The first-order valence-electron chi connectivity index (χ1n) is 4.06. The van der Waals surface area contributed by atoms with Gasteiger partial charge in [0.05, 0.1) is 0 Å². The van der Waals surface area contributed by atoms with Crippen LogP contribution in [0.2, 0.25) is 0 Å². The second kappa shape index (κ2) is 2.62. The largest absolute Gasteiger partial charge is 0.350 e. The summed E-state index contributed by atoms with van der Waals surface area (Å²) in [7, 11) is 0. The van der Waals surface area contributed by atoms with Crippen LogP contribution in [0.15, 0.2) is 17.3 Å². The van der Waals surface area contributed by atoms with Gasteiger partial charge in [0.1, 0.15) is 0 Å². The SMILES string of the molecule is NC(=O)N/N=C1\C[C@@H]2C=CC[C@H]12. The van der Waals surface area contributed by atoms with Crippen LogP contribution < -0.4 is 11.2 Å². The number of urea groups is 1. The number of nitrogens with one attached hydrogen (secondary N) is 1. The normalized spacial score (nSPS) is 34.5. The van der Waals surface area contributed by atoms with Crippen LogP contribution in [0, 0.1) is 11.8 Å². The van der Waals surface area contributed by atoms with Crippen molar-refractivity contribution in [2.24, 2.45) is 22.7 Å². The van der Waals surface area contributed by atoms with Crippen molar-refractivity contribution in [3.8, 4) is 0 Å². The van der Waals surface area contributed by atoms with Crippen molar-refractivity contribution in [2.75, 3.05) is 0 Å². The highest BCUT2D eigenvalue weighted by Crippen LogP contribution is 2.39. The molecule has 0 aromatic rings. The lowest BCUT2D eigenvalue weighted by Crippen LogP contribution is -2.36. The predicted molar refractivity (Wildman–Crippen MR) is 45.5 cm³/mol. The van der Waals surface area contributed by atoms with E-state index in [0.29, 0.717) is 11.8 Å². The summed E-state index contributed by atoms with van der Waals surface area (Å²) >= 11 is 0. The van der Waals surface area contributed by atoms with E-state index in [1.54, 1.807) is 0 Å². The highest BCUT2D eigenvalue weighted by molar-refractivity contribution is 5.94. The molecule has 0 aliphatic heterocycles. The zero-order chi connectivity index (χ0) is 8.55. The van der Waals surface area contributed by atoms with E-state index in [2.05, 4.69) is 22.7 Å². The van der Waals surface area contributed by atoms with Crippen LogP contribution in [-0.2, 0) is 0 Å². The molecule has 2 aliphatic rings. The zero-order valence-corrected chi connectivity index (χ0v) is 6.66. The molecule has 2 aliphatic carbocycles. The summed E-state index contributed by atoms with van der Waals surface area (Å²) in [6.45, 7) is 0. The van der Waals surface area contributed by atoms with Gasteiger partial charge in [-0.05, 0) is 18.8 Å². The molecule has 2 atom stereocenters. The van der Waals surface area contributed by atoms with Crippen LogP contribution in [0.25, 0.3) is 0 Å². The van der Waals surface area contributed by atoms with Gasteiger partial charge in [0, 0.05) is 11.6 Å². The Bertz CT molecular complexity index is 269. The number of fused-ring (bicyclic) bond motifs is 1. The molecule has 64 valence electrons. The number of primary amides is 1. The number of amides is 2. The third-order valence-electron chi connectivity index (χ3n) is 2.47. The Labute approximate surface area is 70.5 Å². The van der Waals surface area contributed by atoms with E-state index in [1.165, 1.54) is 0 Å². The highest BCUT2D eigenvalue weighted by atomic mass is 16.2. The van der Waals surface area contributed by atoms with E-state index in [1.807, 2.05) is 0 Å². The molecule has 12 heavy (non-hydrogen) atoms. The number of rotatable bonds is 1. The fraction of sp³-hybridized carbons (Fsp3) is 0.500. The Kier molecular flexibility index (Phi) is 1.60. The summed E-state index contributed by atoms with van der Waals surface area (Å²) in [6, 6.07) is -0.586. The van der Waals surface area contributed by atoms with Crippen LogP contribution in [-0.4, -0.2) is 11.7 Å². The Morgan fingerprint density at radius 1 is 1.75 bits per heavy atom. The topological polar surface area (TPSA) is 67.5 Å². The molecule has 0 unspecified atom stereocenters. The van der Waals surface area contributed by atoms with E-state index in [4.69, 9.17) is 5.73 Å². The van der Waals surface area contributed by atoms with Crippen LogP contribution in [0.1, 0.15) is 12.8 Å². The maximum atomic E-state index is 10.3. The number of carbonyl (C=O) groups excluding carboxylic acids is 1. The summed E-state index contributed by atoms with van der Waals surface area (Å²) in [4.78, 5) is 10.3. The summed E-state index contributed by atoms with van der Waals surface area (Å²) < 4.78 is 0. The lowest BCUT2D eigenvalue weighted by atomic mass is 9.74. The van der Waals surface area contributed by atoms with Gasteiger partial charge in [-0.3, -0.25) is 0 Å². The average molecular weight is 165 g/mol. The number of hydrogen-bond acceptors (Lipinski definition) is 2. The van der Waals surface area contributed by atoms with Gasteiger partial charge >= 0.3 is 6.03 Å². The fourth-order valence-electron chi connectivity index (χ4n) is 1.79. The quantitative estimate of drug-likeness (QED) is 0.433. The van der Waals surface area contributed by atoms with E-state index >= 15 is 0 Å². The van der Waals surface area contributed by atoms with E-state index in [-0.39, 0.29) is 0 Å². The molecule has 4 nitrogen and oxygen atoms in total. The molecular weight excluding hydrogens is 154 g/mol. The van der Waals surface area contributed by atoms with Crippen molar-refractivity contribution in [3.05, 3.63) is 12.2 Å². The van der Waals surface area contributed by atoms with Crippen LogP contribution in [0.4, 0.5) is 4.79 Å².